The van der Waals surface area contributed by atoms with E-state index in [1.165, 1.54) is 0 Å². The Kier molecular flexibility index (Phi) is 2.74. The number of halogens is 4. The van der Waals surface area contributed by atoms with Crippen LogP contribution in [-0.2, 0) is 6.42 Å². The van der Waals surface area contributed by atoms with Gasteiger partial charge in [-0.05, 0) is 25.7 Å². The van der Waals surface area contributed by atoms with Gasteiger partial charge in [0.2, 0.25) is 11.6 Å². The highest BCUT2D eigenvalue weighted by Crippen LogP contribution is 2.46. The van der Waals surface area contributed by atoms with Gasteiger partial charge in [0.25, 0.3) is 0 Å². The fourth-order valence-electron chi connectivity index (χ4n) is 2.94. The number of hydrogen-bond donors (Lipinski definition) is 1. The lowest BCUT2D eigenvalue weighted by atomic mass is 9.80. The minimum atomic E-state index is -1.82. The molecule has 1 aliphatic heterocycles. The van der Waals surface area contributed by atoms with Crippen molar-refractivity contribution in [1.29, 1.82) is 0 Å². The van der Waals surface area contributed by atoms with Gasteiger partial charge in [-0.3, -0.25) is 0 Å². The molecule has 0 radical (unpaired) electrons. The Bertz CT molecular complexity index is 499. The third kappa shape index (κ3) is 1.81. The second kappa shape index (κ2) is 4.10. The van der Waals surface area contributed by atoms with E-state index in [0.717, 1.165) is 0 Å². The molecule has 0 unspecified atom stereocenters. The smallest absolute Gasteiger partial charge is 0.204 e. The molecular weight excluding hydrogens is 262 g/mol. The molecule has 0 saturated heterocycles. The molecule has 0 amide bonds. The predicted octanol–water partition coefficient (Wildman–Crippen LogP) is 2.82. The van der Waals surface area contributed by atoms with Gasteiger partial charge in [-0.25, -0.2) is 13.2 Å². The van der Waals surface area contributed by atoms with Crippen LogP contribution in [-0.4, -0.2) is 11.6 Å². The predicted molar refractivity (Wildman–Crippen MR) is 59.8 cm³/mol. The first kappa shape index (κ1) is 12.7. The molecule has 19 heavy (non-hydrogen) atoms. The zero-order valence-electron chi connectivity index (χ0n) is 10.1. The van der Waals surface area contributed by atoms with Crippen LogP contribution in [0.4, 0.5) is 17.6 Å². The molecule has 1 saturated carbocycles. The topological polar surface area (TPSA) is 35.2 Å². The second-order valence-electron chi connectivity index (χ2n) is 5.36. The Morgan fingerprint density at radius 2 is 1.53 bits per heavy atom. The molecule has 1 aliphatic carbocycles. The van der Waals surface area contributed by atoms with Crippen molar-refractivity contribution in [1.82, 2.24) is 0 Å². The van der Waals surface area contributed by atoms with Crippen molar-refractivity contribution in [2.45, 2.75) is 43.7 Å². The van der Waals surface area contributed by atoms with Crippen LogP contribution in [0, 0.1) is 23.3 Å². The first-order valence-electron chi connectivity index (χ1n) is 6.23. The van der Waals surface area contributed by atoms with Crippen molar-refractivity contribution in [2.24, 2.45) is 5.73 Å². The summed E-state index contributed by atoms with van der Waals surface area (Å²) in [5.41, 5.74) is 4.81. The summed E-state index contributed by atoms with van der Waals surface area (Å²) in [7, 11) is 0. The summed E-state index contributed by atoms with van der Waals surface area (Å²) in [6, 6.07) is 0.0427. The zero-order chi connectivity index (χ0) is 13.8. The summed E-state index contributed by atoms with van der Waals surface area (Å²) < 4.78 is 59.1. The summed E-state index contributed by atoms with van der Waals surface area (Å²) in [6.45, 7) is 0. The number of rotatable bonds is 0. The highest BCUT2D eigenvalue weighted by molar-refractivity contribution is 5.43. The van der Waals surface area contributed by atoms with Crippen LogP contribution in [0.3, 0.4) is 0 Å². The maximum Gasteiger partial charge on any atom is 0.204 e. The SMILES string of the molecule is NC1CCC2(CC1)Cc1c(F)c(F)c(F)c(F)c1O2. The monoisotopic (exact) mass is 275 g/mol. The van der Waals surface area contributed by atoms with Crippen LogP contribution >= 0.6 is 0 Å². The minimum Gasteiger partial charge on any atom is -0.483 e. The molecule has 2 N–H and O–H groups in total. The number of nitrogens with two attached hydrogens (primary N) is 1. The van der Waals surface area contributed by atoms with Crippen LogP contribution < -0.4 is 10.5 Å². The first-order valence-corrected chi connectivity index (χ1v) is 6.23. The highest BCUT2D eigenvalue weighted by atomic mass is 19.2. The van der Waals surface area contributed by atoms with Crippen molar-refractivity contribution in [3.63, 3.8) is 0 Å². The summed E-state index contributed by atoms with van der Waals surface area (Å²) in [5.74, 6) is -6.86. The fourth-order valence-corrected chi connectivity index (χ4v) is 2.94. The van der Waals surface area contributed by atoms with Crippen LogP contribution in [0.25, 0.3) is 0 Å². The Hall–Kier alpha value is -1.30. The number of ether oxygens (including phenoxy) is 1. The quantitative estimate of drug-likeness (QED) is 0.449. The van der Waals surface area contributed by atoms with Gasteiger partial charge in [0.15, 0.2) is 17.4 Å². The maximum atomic E-state index is 13.7. The molecule has 1 heterocycles. The molecule has 1 fully saturated rings. The summed E-state index contributed by atoms with van der Waals surface area (Å²) >= 11 is 0. The van der Waals surface area contributed by atoms with Gasteiger partial charge in [-0.1, -0.05) is 0 Å². The van der Waals surface area contributed by atoms with Crippen LogP contribution in [0.15, 0.2) is 0 Å². The summed E-state index contributed by atoms with van der Waals surface area (Å²) in [6.07, 6.45) is 2.47. The van der Waals surface area contributed by atoms with E-state index in [2.05, 4.69) is 0 Å². The van der Waals surface area contributed by atoms with E-state index in [0.29, 0.717) is 25.7 Å². The molecule has 0 bridgehead atoms. The summed E-state index contributed by atoms with van der Waals surface area (Å²) in [4.78, 5) is 0. The van der Waals surface area contributed by atoms with Gasteiger partial charge < -0.3 is 10.5 Å². The molecule has 1 aromatic rings. The number of fused-ring (bicyclic) bond motifs is 1. The van der Waals surface area contributed by atoms with Crippen LogP contribution in [0.5, 0.6) is 5.75 Å². The largest absolute Gasteiger partial charge is 0.483 e. The minimum absolute atomic E-state index is 0.0427. The molecule has 1 spiro atoms. The van der Waals surface area contributed by atoms with Crippen LogP contribution in [0.1, 0.15) is 31.2 Å². The van der Waals surface area contributed by atoms with Crippen molar-refractivity contribution in [3.8, 4) is 5.75 Å². The lowest BCUT2D eigenvalue weighted by Crippen LogP contribution is -2.42. The van der Waals surface area contributed by atoms with Gasteiger partial charge in [0, 0.05) is 18.0 Å². The molecule has 1 aromatic carbocycles. The first-order chi connectivity index (χ1) is 8.93. The maximum absolute atomic E-state index is 13.7. The second-order valence-corrected chi connectivity index (χ2v) is 5.36. The Morgan fingerprint density at radius 3 is 2.16 bits per heavy atom. The Morgan fingerprint density at radius 1 is 0.947 bits per heavy atom. The lowest BCUT2D eigenvalue weighted by molar-refractivity contribution is 0.0439. The molecule has 0 atom stereocenters. The fraction of sp³-hybridized carbons (Fsp3) is 0.538. The van der Waals surface area contributed by atoms with Crippen LogP contribution in [0.2, 0.25) is 0 Å². The average Bonchev–Trinajstić information content (AvgIpc) is 2.78. The normalized spacial score (nSPS) is 29.4. The van der Waals surface area contributed by atoms with Gasteiger partial charge in [0.1, 0.15) is 5.60 Å². The van der Waals surface area contributed by atoms with Crippen molar-refractivity contribution in [3.05, 3.63) is 28.8 Å². The third-order valence-corrected chi connectivity index (χ3v) is 4.08. The molecular formula is C13H13F4NO. The van der Waals surface area contributed by atoms with Gasteiger partial charge in [0.05, 0.1) is 0 Å². The number of benzene rings is 1. The highest BCUT2D eigenvalue weighted by Gasteiger charge is 2.46. The van der Waals surface area contributed by atoms with Crippen molar-refractivity contribution < 1.29 is 22.3 Å². The van der Waals surface area contributed by atoms with Gasteiger partial charge in [-0.15, -0.1) is 0 Å². The van der Waals surface area contributed by atoms with E-state index >= 15 is 0 Å². The standard InChI is InChI=1S/C13H13F4NO/c14-8-7-5-13(3-1-6(18)2-4-13)19-12(7)11(17)10(16)9(8)15/h6H,1-5,18H2. The molecule has 104 valence electrons. The Balaban J connectivity index is 2.01. The van der Waals surface area contributed by atoms with Gasteiger partial charge in [-0.2, -0.15) is 4.39 Å². The van der Waals surface area contributed by atoms with E-state index in [1.807, 2.05) is 0 Å². The van der Waals surface area contributed by atoms with Crippen molar-refractivity contribution in [2.75, 3.05) is 0 Å². The molecule has 0 aromatic heterocycles. The number of hydrogen-bond acceptors (Lipinski definition) is 2. The molecule has 2 aliphatic rings. The van der Waals surface area contributed by atoms with E-state index in [4.69, 9.17) is 10.5 Å². The van der Waals surface area contributed by atoms with E-state index in [9.17, 15) is 17.6 Å². The van der Waals surface area contributed by atoms with Gasteiger partial charge >= 0.3 is 0 Å². The van der Waals surface area contributed by atoms with Crippen molar-refractivity contribution >= 4 is 0 Å². The Labute approximate surface area is 107 Å². The summed E-state index contributed by atoms with van der Waals surface area (Å²) in [5, 5.41) is 0. The molecule has 6 heteroatoms. The van der Waals surface area contributed by atoms with E-state index in [1.54, 1.807) is 0 Å². The molecule has 2 nitrogen and oxygen atoms in total. The molecule has 3 rings (SSSR count). The lowest BCUT2D eigenvalue weighted by Gasteiger charge is -2.35. The van der Waals surface area contributed by atoms with E-state index < -0.39 is 34.6 Å². The average molecular weight is 275 g/mol. The zero-order valence-corrected chi connectivity index (χ0v) is 10.1. The third-order valence-electron chi connectivity index (χ3n) is 4.08. The van der Waals surface area contributed by atoms with E-state index in [-0.39, 0.29) is 18.0 Å².